The Hall–Kier alpha value is -3.37. The van der Waals surface area contributed by atoms with Crippen LogP contribution in [0.1, 0.15) is 11.1 Å². The average molecular weight is 399 g/mol. The van der Waals surface area contributed by atoms with Crippen molar-refractivity contribution in [1.29, 1.82) is 0 Å². The third-order valence-corrected chi connectivity index (χ3v) is 4.86. The molecule has 0 spiro atoms. The number of halogens is 1. The van der Waals surface area contributed by atoms with Crippen molar-refractivity contribution in [3.63, 3.8) is 0 Å². The molecule has 0 N–H and O–H groups in total. The molecule has 0 atom stereocenters. The van der Waals surface area contributed by atoms with E-state index < -0.39 is 0 Å². The molecule has 0 bridgehead atoms. The zero-order valence-electron chi connectivity index (χ0n) is 16.0. The van der Waals surface area contributed by atoms with Crippen LogP contribution in [0.4, 0.5) is 5.95 Å². The molecule has 5 heteroatoms. The molecule has 0 saturated carbocycles. The number of benzene rings is 3. The number of aromatic nitrogens is 2. The van der Waals surface area contributed by atoms with E-state index in [9.17, 15) is 0 Å². The van der Waals surface area contributed by atoms with E-state index in [0.717, 1.165) is 28.1 Å². The Morgan fingerprint density at radius 1 is 0.759 bits per heavy atom. The van der Waals surface area contributed by atoms with Crippen molar-refractivity contribution in [2.24, 2.45) is 10.2 Å². The molecular formula is C24H19ClN4. The van der Waals surface area contributed by atoms with E-state index in [1.165, 1.54) is 5.56 Å². The molecule has 0 aliphatic rings. The Morgan fingerprint density at radius 3 is 2.07 bits per heavy atom. The van der Waals surface area contributed by atoms with Gasteiger partial charge in [0.2, 0.25) is 0 Å². The molecule has 0 aliphatic carbocycles. The second kappa shape index (κ2) is 8.76. The van der Waals surface area contributed by atoms with Crippen LogP contribution in [0.3, 0.4) is 0 Å². The number of aryl methyl sites for hydroxylation is 1. The Kier molecular flexibility index (Phi) is 5.73. The average Bonchev–Trinajstić information content (AvgIpc) is 2.76. The molecule has 1 heterocycles. The van der Waals surface area contributed by atoms with Gasteiger partial charge in [-0.3, -0.25) is 0 Å². The third kappa shape index (κ3) is 4.73. The minimum Gasteiger partial charge on any atom is -0.210 e. The number of azo groups is 1. The quantitative estimate of drug-likeness (QED) is 0.338. The van der Waals surface area contributed by atoms with Crippen molar-refractivity contribution in [1.82, 2.24) is 9.97 Å². The van der Waals surface area contributed by atoms with Gasteiger partial charge in [-0.15, -0.1) is 5.11 Å². The summed E-state index contributed by atoms with van der Waals surface area (Å²) in [6.45, 7) is 2.44. The van der Waals surface area contributed by atoms with E-state index in [-0.39, 0.29) is 0 Å². The number of rotatable bonds is 5. The summed E-state index contributed by atoms with van der Waals surface area (Å²) >= 11 is 6.20. The summed E-state index contributed by atoms with van der Waals surface area (Å²) in [6, 6.07) is 27.8. The molecule has 0 fully saturated rings. The van der Waals surface area contributed by atoms with E-state index in [4.69, 9.17) is 11.6 Å². The maximum absolute atomic E-state index is 6.20. The highest BCUT2D eigenvalue weighted by atomic mass is 35.5. The first-order chi connectivity index (χ1) is 14.2. The van der Waals surface area contributed by atoms with Crippen LogP contribution in [0.25, 0.3) is 22.5 Å². The maximum atomic E-state index is 6.20. The predicted molar refractivity (Wildman–Crippen MR) is 117 cm³/mol. The fraction of sp³-hybridized carbons (Fsp3) is 0.0833. The van der Waals surface area contributed by atoms with E-state index in [2.05, 4.69) is 51.4 Å². The zero-order chi connectivity index (χ0) is 20.1. The SMILES string of the molecule is Cc1ccc(-c2cc(-c3ccccc3)nc(N=NCc3ccccc3Cl)n2)cc1. The first kappa shape index (κ1) is 19.0. The smallest absolute Gasteiger partial charge is 0.210 e. The second-order valence-corrected chi connectivity index (χ2v) is 7.07. The standard InChI is InChI=1S/C24H19ClN4/c1-17-11-13-19(14-12-17)23-15-22(18-7-3-2-4-8-18)27-24(28-23)29-26-16-20-9-5-6-10-21(20)25/h2-15H,16H2,1H3. The lowest BCUT2D eigenvalue weighted by molar-refractivity contribution is 0.928. The molecule has 3 aromatic carbocycles. The second-order valence-electron chi connectivity index (χ2n) is 6.66. The van der Waals surface area contributed by atoms with Crippen molar-refractivity contribution in [3.05, 3.63) is 101 Å². The molecule has 4 nitrogen and oxygen atoms in total. The normalized spacial score (nSPS) is 11.1. The minimum absolute atomic E-state index is 0.328. The van der Waals surface area contributed by atoms with Crippen LogP contribution in [0.2, 0.25) is 5.02 Å². The lowest BCUT2D eigenvalue weighted by atomic mass is 10.1. The van der Waals surface area contributed by atoms with Gasteiger partial charge in [0, 0.05) is 16.1 Å². The van der Waals surface area contributed by atoms with Gasteiger partial charge in [-0.25, -0.2) is 9.97 Å². The van der Waals surface area contributed by atoms with Crippen LogP contribution in [-0.2, 0) is 6.54 Å². The molecule has 142 valence electrons. The highest BCUT2D eigenvalue weighted by molar-refractivity contribution is 6.31. The lowest BCUT2D eigenvalue weighted by Gasteiger charge is -2.07. The van der Waals surface area contributed by atoms with Crippen molar-refractivity contribution in [2.75, 3.05) is 0 Å². The van der Waals surface area contributed by atoms with Gasteiger partial charge in [-0.2, -0.15) is 5.11 Å². The number of hydrogen-bond acceptors (Lipinski definition) is 4. The molecule has 0 saturated heterocycles. The molecule has 0 amide bonds. The highest BCUT2D eigenvalue weighted by Crippen LogP contribution is 2.26. The first-order valence-electron chi connectivity index (χ1n) is 9.31. The van der Waals surface area contributed by atoms with Crippen molar-refractivity contribution >= 4 is 17.5 Å². The van der Waals surface area contributed by atoms with Gasteiger partial charge in [0.25, 0.3) is 5.95 Å². The first-order valence-corrected chi connectivity index (χ1v) is 9.69. The summed E-state index contributed by atoms with van der Waals surface area (Å²) < 4.78 is 0. The number of hydrogen-bond donors (Lipinski definition) is 0. The lowest BCUT2D eigenvalue weighted by Crippen LogP contribution is -1.91. The van der Waals surface area contributed by atoms with Crippen molar-refractivity contribution in [3.8, 4) is 22.5 Å². The fourth-order valence-electron chi connectivity index (χ4n) is 2.91. The summed E-state index contributed by atoms with van der Waals surface area (Å²) in [5, 5.41) is 9.22. The van der Waals surface area contributed by atoms with Crippen LogP contribution < -0.4 is 0 Å². The van der Waals surface area contributed by atoms with Crippen molar-refractivity contribution < 1.29 is 0 Å². The van der Waals surface area contributed by atoms with Crippen LogP contribution >= 0.6 is 11.6 Å². The molecule has 4 rings (SSSR count). The summed E-state index contributed by atoms with van der Waals surface area (Å²) in [5.74, 6) is 0.328. The molecule has 0 unspecified atom stereocenters. The maximum Gasteiger partial charge on any atom is 0.269 e. The molecule has 0 aliphatic heterocycles. The Balaban J connectivity index is 1.70. The summed E-state index contributed by atoms with van der Waals surface area (Å²) in [4.78, 5) is 9.20. The number of nitrogens with zero attached hydrogens (tertiary/aromatic N) is 4. The van der Waals surface area contributed by atoms with Gasteiger partial charge >= 0.3 is 0 Å². The summed E-state index contributed by atoms with van der Waals surface area (Å²) in [7, 11) is 0. The Labute approximate surface area is 175 Å². The van der Waals surface area contributed by atoms with Gasteiger partial charge < -0.3 is 0 Å². The fourth-order valence-corrected chi connectivity index (χ4v) is 3.11. The Morgan fingerprint density at radius 2 is 1.38 bits per heavy atom. The van der Waals surface area contributed by atoms with Crippen LogP contribution in [0, 0.1) is 6.92 Å². The van der Waals surface area contributed by atoms with Gasteiger partial charge in [0.1, 0.15) is 0 Å². The van der Waals surface area contributed by atoms with Crippen molar-refractivity contribution in [2.45, 2.75) is 13.5 Å². The van der Waals surface area contributed by atoms with Crippen LogP contribution in [0.15, 0.2) is 95.2 Å². The van der Waals surface area contributed by atoms with Crippen LogP contribution in [0.5, 0.6) is 0 Å². The Bertz CT molecular complexity index is 1140. The molecule has 29 heavy (non-hydrogen) atoms. The van der Waals surface area contributed by atoms with Gasteiger partial charge in [0.15, 0.2) is 0 Å². The van der Waals surface area contributed by atoms with E-state index >= 15 is 0 Å². The predicted octanol–water partition coefficient (Wildman–Crippen LogP) is 7.06. The summed E-state index contributed by atoms with van der Waals surface area (Å²) in [5.41, 5.74) is 5.75. The van der Waals surface area contributed by atoms with Gasteiger partial charge in [-0.05, 0) is 24.6 Å². The van der Waals surface area contributed by atoms with Gasteiger partial charge in [0.05, 0.1) is 17.9 Å². The van der Waals surface area contributed by atoms with E-state index in [1.54, 1.807) is 0 Å². The zero-order valence-corrected chi connectivity index (χ0v) is 16.7. The minimum atomic E-state index is 0.328. The van der Waals surface area contributed by atoms with Gasteiger partial charge in [-0.1, -0.05) is 90.0 Å². The highest BCUT2D eigenvalue weighted by Gasteiger charge is 2.08. The van der Waals surface area contributed by atoms with E-state index in [0.29, 0.717) is 17.5 Å². The molecular weight excluding hydrogens is 380 g/mol. The third-order valence-electron chi connectivity index (χ3n) is 4.49. The molecule has 4 aromatic rings. The topological polar surface area (TPSA) is 50.5 Å². The largest absolute Gasteiger partial charge is 0.269 e. The summed E-state index contributed by atoms with van der Waals surface area (Å²) in [6.07, 6.45) is 0. The molecule has 0 radical (unpaired) electrons. The monoisotopic (exact) mass is 398 g/mol. The van der Waals surface area contributed by atoms with Crippen LogP contribution in [-0.4, -0.2) is 9.97 Å². The van der Waals surface area contributed by atoms with E-state index in [1.807, 2.05) is 60.7 Å². The molecule has 1 aromatic heterocycles.